The second-order valence-corrected chi connectivity index (χ2v) is 6.33. The van der Waals surface area contributed by atoms with Gasteiger partial charge in [0.1, 0.15) is 0 Å². The summed E-state index contributed by atoms with van der Waals surface area (Å²) in [6.45, 7) is 4.29. The highest BCUT2D eigenvalue weighted by atomic mass is 14.1. The molecule has 0 saturated carbocycles. The van der Waals surface area contributed by atoms with Gasteiger partial charge in [0.05, 0.1) is 0 Å². The Kier molecular flexibility index (Phi) is 4.58. The summed E-state index contributed by atoms with van der Waals surface area (Å²) in [4.78, 5) is 0. The molecule has 0 fully saturated rings. The van der Waals surface area contributed by atoms with Gasteiger partial charge in [-0.2, -0.15) is 0 Å². The third kappa shape index (κ3) is 3.57. The number of aryl methyl sites for hydroxylation is 4. The first kappa shape index (κ1) is 14.8. The average Bonchev–Trinajstić information content (AvgIpc) is 2.55. The van der Waals surface area contributed by atoms with E-state index in [1.807, 2.05) is 0 Å². The van der Waals surface area contributed by atoms with Gasteiger partial charge in [-0.15, -0.1) is 0 Å². The SMILES string of the molecule is Cc1ccc2c(c1)CCCC2.Cc1ccc2ccccc2c1. The molecule has 0 atom stereocenters. The van der Waals surface area contributed by atoms with Gasteiger partial charge in [0.15, 0.2) is 0 Å². The molecule has 0 saturated heterocycles. The highest BCUT2D eigenvalue weighted by molar-refractivity contribution is 5.82. The summed E-state index contributed by atoms with van der Waals surface area (Å²) >= 11 is 0. The molecule has 1 aliphatic rings. The van der Waals surface area contributed by atoms with E-state index < -0.39 is 0 Å². The van der Waals surface area contributed by atoms with Crippen LogP contribution < -0.4 is 0 Å². The van der Waals surface area contributed by atoms with Crippen molar-refractivity contribution in [3.8, 4) is 0 Å². The van der Waals surface area contributed by atoms with Crippen molar-refractivity contribution in [1.82, 2.24) is 0 Å². The molecule has 0 unspecified atom stereocenters. The highest BCUT2D eigenvalue weighted by Crippen LogP contribution is 2.21. The van der Waals surface area contributed by atoms with Crippen molar-refractivity contribution in [2.45, 2.75) is 39.5 Å². The predicted octanol–water partition coefficient (Wildman–Crippen LogP) is 6.02. The number of fused-ring (bicyclic) bond motifs is 2. The quantitative estimate of drug-likeness (QED) is 0.474. The molecule has 0 heteroatoms. The van der Waals surface area contributed by atoms with E-state index in [-0.39, 0.29) is 0 Å². The molecule has 0 heterocycles. The highest BCUT2D eigenvalue weighted by Gasteiger charge is 2.07. The maximum absolute atomic E-state index is 2.34. The van der Waals surface area contributed by atoms with Crippen molar-refractivity contribution >= 4 is 10.8 Å². The summed E-state index contributed by atoms with van der Waals surface area (Å²) in [6, 6.07) is 21.8. The molecule has 3 aromatic carbocycles. The maximum atomic E-state index is 2.34. The zero-order valence-electron chi connectivity index (χ0n) is 13.6. The van der Waals surface area contributed by atoms with E-state index in [4.69, 9.17) is 0 Å². The van der Waals surface area contributed by atoms with Crippen molar-refractivity contribution in [2.24, 2.45) is 0 Å². The number of hydrogen-bond donors (Lipinski definition) is 0. The van der Waals surface area contributed by atoms with Gasteiger partial charge in [-0.05, 0) is 61.4 Å². The fourth-order valence-electron chi connectivity index (χ4n) is 3.17. The minimum Gasteiger partial charge on any atom is -0.0616 e. The Balaban J connectivity index is 0.000000131. The Hall–Kier alpha value is -2.08. The molecule has 112 valence electrons. The van der Waals surface area contributed by atoms with E-state index in [2.05, 4.69) is 74.5 Å². The van der Waals surface area contributed by atoms with Gasteiger partial charge in [0.2, 0.25) is 0 Å². The molecule has 0 nitrogen and oxygen atoms in total. The molecule has 1 aliphatic carbocycles. The molecule has 0 amide bonds. The monoisotopic (exact) mass is 288 g/mol. The van der Waals surface area contributed by atoms with Crippen LogP contribution in [0.2, 0.25) is 0 Å². The van der Waals surface area contributed by atoms with Crippen molar-refractivity contribution in [3.05, 3.63) is 82.9 Å². The van der Waals surface area contributed by atoms with Crippen LogP contribution in [0.4, 0.5) is 0 Å². The standard InChI is InChI=1S/C11H14.C11H10/c2*1-9-6-7-10-4-2-3-5-11(10)8-9/h6-8H,2-5H2,1H3;2-8H,1H3. The van der Waals surface area contributed by atoms with Crippen molar-refractivity contribution in [2.75, 3.05) is 0 Å². The zero-order valence-corrected chi connectivity index (χ0v) is 13.6. The van der Waals surface area contributed by atoms with Crippen LogP contribution in [-0.2, 0) is 12.8 Å². The fourth-order valence-corrected chi connectivity index (χ4v) is 3.17. The minimum absolute atomic E-state index is 1.30. The van der Waals surface area contributed by atoms with Gasteiger partial charge in [-0.1, -0.05) is 71.8 Å². The molecular weight excluding hydrogens is 264 g/mol. The van der Waals surface area contributed by atoms with Gasteiger partial charge in [-0.25, -0.2) is 0 Å². The summed E-state index contributed by atoms with van der Waals surface area (Å²) in [5.74, 6) is 0. The molecule has 0 radical (unpaired) electrons. The molecule has 4 rings (SSSR count). The first-order valence-corrected chi connectivity index (χ1v) is 8.26. The Labute approximate surface area is 133 Å². The Morgan fingerprint density at radius 3 is 2.05 bits per heavy atom. The van der Waals surface area contributed by atoms with Crippen LogP contribution in [-0.4, -0.2) is 0 Å². The van der Waals surface area contributed by atoms with Gasteiger partial charge >= 0.3 is 0 Å². The number of benzene rings is 3. The average molecular weight is 288 g/mol. The van der Waals surface area contributed by atoms with Gasteiger partial charge in [0, 0.05) is 0 Å². The van der Waals surface area contributed by atoms with E-state index in [0.717, 1.165) is 0 Å². The van der Waals surface area contributed by atoms with Crippen LogP contribution >= 0.6 is 0 Å². The van der Waals surface area contributed by atoms with Crippen LogP contribution in [0, 0.1) is 13.8 Å². The number of rotatable bonds is 0. The molecule has 0 spiro atoms. The van der Waals surface area contributed by atoms with Gasteiger partial charge in [-0.3, -0.25) is 0 Å². The minimum atomic E-state index is 1.30. The molecule has 3 aromatic rings. The lowest BCUT2D eigenvalue weighted by Crippen LogP contribution is -2.01. The third-order valence-electron chi connectivity index (χ3n) is 4.41. The Morgan fingerprint density at radius 2 is 1.23 bits per heavy atom. The Bertz CT molecular complexity index is 768. The van der Waals surface area contributed by atoms with Crippen LogP contribution in [0.25, 0.3) is 10.8 Å². The molecule has 0 aromatic heterocycles. The van der Waals surface area contributed by atoms with Crippen LogP contribution in [0.5, 0.6) is 0 Å². The lowest BCUT2D eigenvalue weighted by Gasteiger charge is -2.15. The van der Waals surface area contributed by atoms with Crippen molar-refractivity contribution in [1.29, 1.82) is 0 Å². The van der Waals surface area contributed by atoms with Gasteiger partial charge in [0.25, 0.3) is 0 Å². The molecule has 0 aliphatic heterocycles. The van der Waals surface area contributed by atoms with Crippen LogP contribution in [0.1, 0.15) is 35.1 Å². The lowest BCUT2D eigenvalue weighted by molar-refractivity contribution is 0.685. The number of hydrogen-bond acceptors (Lipinski definition) is 0. The van der Waals surface area contributed by atoms with E-state index >= 15 is 0 Å². The first-order chi connectivity index (χ1) is 10.7. The van der Waals surface area contributed by atoms with E-state index in [1.165, 1.54) is 47.6 Å². The second-order valence-electron chi connectivity index (χ2n) is 6.33. The fraction of sp³-hybridized carbons (Fsp3) is 0.273. The smallest absolute Gasteiger partial charge is 0.0181 e. The normalized spacial score (nSPS) is 13.2. The lowest BCUT2D eigenvalue weighted by atomic mass is 9.91. The largest absolute Gasteiger partial charge is 0.0616 e. The molecular formula is C22H24. The van der Waals surface area contributed by atoms with E-state index in [9.17, 15) is 0 Å². The van der Waals surface area contributed by atoms with Crippen molar-refractivity contribution in [3.63, 3.8) is 0 Å². The van der Waals surface area contributed by atoms with E-state index in [0.29, 0.717) is 0 Å². The van der Waals surface area contributed by atoms with Crippen LogP contribution in [0.15, 0.2) is 60.7 Å². The Morgan fingerprint density at radius 1 is 0.591 bits per heavy atom. The van der Waals surface area contributed by atoms with Crippen LogP contribution in [0.3, 0.4) is 0 Å². The zero-order chi connectivity index (χ0) is 15.4. The first-order valence-electron chi connectivity index (χ1n) is 8.26. The topological polar surface area (TPSA) is 0 Å². The summed E-state index contributed by atoms with van der Waals surface area (Å²) in [5, 5.41) is 2.64. The summed E-state index contributed by atoms with van der Waals surface area (Å²) < 4.78 is 0. The summed E-state index contributed by atoms with van der Waals surface area (Å²) in [7, 11) is 0. The van der Waals surface area contributed by atoms with Crippen molar-refractivity contribution < 1.29 is 0 Å². The van der Waals surface area contributed by atoms with E-state index in [1.54, 1.807) is 11.1 Å². The molecule has 0 N–H and O–H groups in total. The third-order valence-corrected chi connectivity index (χ3v) is 4.41. The maximum Gasteiger partial charge on any atom is -0.0181 e. The summed E-state index contributed by atoms with van der Waals surface area (Å²) in [6.07, 6.45) is 5.37. The second kappa shape index (κ2) is 6.79. The van der Waals surface area contributed by atoms with Gasteiger partial charge < -0.3 is 0 Å². The summed E-state index contributed by atoms with van der Waals surface area (Å²) in [5.41, 5.74) is 5.91. The molecule has 0 bridgehead atoms. The molecule has 22 heavy (non-hydrogen) atoms. The predicted molar refractivity (Wildman–Crippen MR) is 96.5 cm³/mol.